The van der Waals surface area contributed by atoms with Gasteiger partial charge in [-0.2, -0.15) is 0 Å². The number of benzene rings is 2. The van der Waals surface area contributed by atoms with Crippen molar-refractivity contribution in [1.29, 1.82) is 0 Å². The minimum Gasteiger partial charge on any atom is -0.271 e. The molecule has 3 N–H and O–H groups in total. The summed E-state index contributed by atoms with van der Waals surface area (Å²) in [6.45, 7) is 6.37. The largest absolute Gasteiger partial charge is 0.271 e. The van der Waals surface area contributed by atoms with Crippen LogP contribution in [-0.2, 0) is 6.42 Å². The summed E-state index contributed by atoms with van der Waals surface area (Å²) in [7, 11) is 0. The number of halogens is 1. The van der Waals surface area contributed by atoms with E-state index in [9.17, 15) is 0 Å². The van der Waals surface area contributed by atoms with Crippen molar-refractivity contribution in [3.8, 4) is 0 Å². The van der Waals surface area contributed by atoms with Crippen LogP contribution in [0.25, 0.3) is 0 Å². The van der Waals surface area contributed by atoms with Crippen LogP contribution >= 0.6 is 15.9 Å². The first-order chi connectivity index (χ1) is 9.56. The molecule has 0 fully saturated rings. The molecule has 2 nitrogen and oxygen atoms in total. The molecule has 0 saturated carbocycles. The smallest absolute Gasteiger partial charge is 0.0710 e. The first kappa shape index (κ1) is 15.2. The van der Waals surface area contributed by atoms with E-state index in [4.69, 9.17) is 5.84 Å². The normalized spacial score (nSPS) is 12.4. The van der Waals surface area contributed by atoms with E-state index in [1.807, 2.05) is 0 Å². The van der Waals surface area contributed by atoms with E-state index in [1.165, 1.54) is 32.3 Å². The highest BCUT2D eigenvalue weighted by atomic mass is 79.9. The highest BCUT2D eigenvalue weighted by Gasteiger charge is 2.14. The summed E-state index contributed by atoms with van der Waals surface area (Å²) in [5, 5.41) is 0. The minimum atomic E-state index is 0.0198. The quantitative estimate of drug-likeness (QED) is 0.651. The van der Waals surface area contributed by atoms with Crippen LogP contribution in [-0.4, -0.2) is 0 Å². The molecule has 0 heterocycles. The lowest BCUT2D eigenvalue weighted by atomic mass is 9.95. The maximum atomic E-state index is 5.78. The summed E-state index contributed by atoms with van der Waals surface area (Å²) in [5.41, 5.74) is 9.10. The Morgan fingerprint density at radius 3 is 2.05 bits per heavy atom. The van der Waals surface area contributed by atoms with Crippen molar-refractivity contribution >= 4 is 15.9 Å². The lowest BCUT2D eigenvalue weighted by molar-refractivity contribution is 0.635. The van der Waals surface area contributed by atoms with Gasteiger partial charge in [0.15, 0.2) is 0 Å². The maximum absolute atomic E-state index is 5.78. The van der Waals surface area contributed by atoms with Gasteiger partial charge >= 0.3 is 0 Å². The van der Waals surface area contributed by atoms with Gasteiger partial charge in [0.25, 0.3) is 0 Å². The van der Waals surface area contributed by atoms with E-state index in [1.54, 1.807) is 0 Å². The number of rotatable bonds is 4. The first-order valence-corrected chi connectivity index (χ1v) is 7.67. The highest BCUT2D eigenvalue weighted by molar-refractivity contribution is 9.10. The van der Waals surface area contributed by atoms with Gasteiger partial charge in [0.1, 0.15) is 0 Å². The molecular formula is C17H21BrN2. The molecule has 0 aliphatic rings. The van der Waals surface area contributed by atoms with Gasteiger partial charge in [-0.05, 0) is 48.1 Å². The van der Waals surface area contributed by atoms with Crippen LogP contribution in [0.4, 0.5) is 0 Å². The number of hydrogen-bond donors (Lipinski definition) is 2. The summed E-state index contributed by atoms with van der Waals surface area (Å²) < 4.78 is 1.17. The third-order valence-corrected chi connectivity index (χ3v) is 4.93. The molecule has 3 heteroatoms. The van der Waals surface area contributed by atoms with Crippen LogP contribution in [0.1, 0.15) is 40.8 Å². The summed E-state index contributed by atoms with van der Waals surface area (Å²) in [5.74, 6) is 5.78. The van der Waals surface area contributed by atoms with Gasteiger partial charge < -0.3 is 0 Å². The molecule has 0 amide bonds. The molecule has 2 aromatic rings. The molecule has 2 aromatic carbocycles. The van der Waals surface area contributed by atoms with Gasteiger partial charge in [0.2, 0.25) is 0 Å². The molecule has 0 aliphatic carbocycles. The predicted molar refractivity (Wildman–Crippen MR) is 88.6 cm³/mol. The van der Waals surface area contributed by atoms with E-state index in [2.05, 4.69) is 78.5 Å². The lowest BCUT2D eigenvalue weighted by Gasteiger charge is -2.19. The topological polar surface area (TPSA) is 38.0 Å². The molecule has 106 valence electrons. The first-order valence-electron chi connectivity index (χ1n) is 6.88. The second-order valence-electron chi connectivity index (χ2n) is 5.16. The molecule has 1 atom stereocenters. The Morgan fingerprint density at radius 1 is 1.05 bits per heavy atom. The summed E-state index contributed by atoms with van der Waals surface area (Å²) in [6.07, 6.45) is 1.05. The Morgan fingerprint density at radius 2 is 1.60 bits per heavy atom. The van der Waals surface area contributed by atoms with Crippen molar-refractivity contribution in [1.82, 2.24) is 5.43 Å². The monoisotopic (exact) mass is 332 g/mol. The highest BCUT2D eigenvalue weighted by Crippen LogP contribution is 2.28. The third kappa shape index (κ3) is 3.11. The minimum absolute atomic E-state index is 0.0198. The molecular weight excluding hydrogens is 312 g/mol. The second-order valence-corrected chi connectivity index (χ2v) is 5.96. The fraction of sp³-hybridized carbons (Fsp3) is 0.294. The van der Waals surface area contributed by atoms with E-state index >= 15 is 0 Å². The SMILES string of the molecule is CCc1ccc(C(NN)c2cc(C)c(Br)c(C)c2)cc1. The molecule has 0 bridgehead atoms. The van der Waals surface area contributed by atoms with Gasteiger partial charge in [-0.15, -0.1) is 0 Å². The molecule has 0 spiro atoms. The molecule has 20 heavy (non-hydrogen) atoms. The fourth-order valence-electron chi connectivity index (χ4n) is 2.48. The lowest BCUT2D eigenvalue weighted by Crippen LogP contribution is -2.29. The number of hydrogen-bond acceptors (Lipinski definition) is 2. The number of nitrogens with two attached hydrogens (primary N) is 1. The van der Waals surface area contributed by atoms with Crippen molar-refractivity contribution < 1.29 is 0 Å². The molecule has 0 saturated heterocycles. The third-order valence-electron chi connectivity index (χ3n) is 3.68. The average Bonchev–Trinajstić information content (AvgIpc) is 2.46. The van der Waals surface area contributed by atoms with Gasteiger partial charge in [0, 0.05) is 4.47 Å². The molecule has 0 radical (unpaired) electrons. The molecule has 1 unspecified atom stereocenters. The number of hydrazine groups is 1. The Kier molecular flexibility index (Phi) is 4.97. The van der Waals surface area contributed by atoms with E-state index in [-0.39, 0.29) is 6.04 Å². The zero-order valence-electron chi connectivity index (χ0n) is 12.2. The fourth-order valence-corrected chi connectivity index (χ4v) is 2.71. The zero-order chi connectivity index (χ0) is 14.7. The van der Waals surface area contributed by atoms with Crippen molar-refractivity contribution in [2.45, 2.75) is 33.2 Å². The predicted octanol–water partition coefficient (Wildman–Crippen LogP) is 4.18. The Bertz CT molecular complexity index is 567. The standard InChI is InChI=1S/C17H21BrN2/c1-4-13-5-7-14(8-6-13)17(20-19)15-9-11(2)16(18)12(3)10-15/h5-10,17,20H,4,19H2,1-3H3. The molecule has 0 aromatic heterocycles. The molecule has 2 rings (SSSR count). The van der Waals surface area contributed by atoms with Crippen LogP contribution in [0, 0.1) is 13.8 Å². The molecule has 0 aliphatic heterocycles. The van der Waals surface area contributed by atoms with Gasteiger partial charge in [-0.1, -0.05) is 59.3 Å². The van der Waals surface area contributed by atoms with Crippen LogP contribution in [0.5, 0.6) is 0 Å². The van der Waals surface area contributed by atoms with Crippen LogP contribution < -0.4 is 11.3 Å². The van der Waals surface area contributed by atoms with E-state index < -0.39 is 0 Å². The number of aryl methyl sites for hydroxylation is 3. The average molecular weight is 333 g/mol. The van der Waals surface area contributed by atoms with Crippen LogP contribution in [0.3, 0.4) is 0 Å². The van der Waals surface area contributed by atoms with Crippen LogP contribution in [0.15, 0.2) is 40.9 Å². The second kappa shape index (κ2) is 6.53. The summed E-state index contributed by atoms with van der Waals surface area (Å²) in [4.78, 5) is 0. The number of nitrogens with one attached hydrogen (secondary N) is 1. The summed E-state index contributed by atoms with van der Waals surface area (Å²) in [6, 6.07) is 13.0. The van der Waals surface area contributed by atoms with Crippen molar-refractivity contribution in [3.05, 3.63) is 68.7 Å². The van der Waals surface area contributed by atoms with Crippen LogP contribution in [0.2, 0.25) is 0 Å². The zero-order valence-corrected chi connectivity index (χ0v) is 13.8. The Labute approximate surface area is 129 Å². The van der Waals surface area contributed by atoms with Crippen molar-refractivity contribution in [2.75, 3.05) is 0 Å². The summed E-state index contributed by atoms with van der Waals surface area (Å²) >= 11 is 3.61. The Hall–Kier alpha value is -1.16. The van der Waals surface area contributed by atoms with Gasteiger partial charge in [0.05, 0.1) is 6.04 Å². The van der Waals surface area contributed by atoms with Crippen molar-refractivity contribution in [2.24, 2.45) is 5.84 Å². The van der Waals surface area contributed by atoms with Gasteiger partial charge in [-0.25, -0.2) is 5.43 Å². The van der Waals surface area contributed by atoms with Gasteiger partial charge in [-0.3, -0.25) is 5.84 Å². The van der Waals surface area contributed by atoms with Crippen molar-refractivity contribution in [3.63, 3.8) is 0 Å². The maximum Gasteiger partial charge on any atom is 0.0710 e. The van der Waals surface area contributed by atoms with E-state index in [0.717, 1.165) is 6.42 Å². The van der Waals surface area contributed by atoms with E-state index in [0.29, 0.717) is 0 Å². The Balaban J connectivity index is 2.41.